The Bertz CT molecular complexity index is 309. The molecule has 0 aromatic heterocycles. The van der Waals surface area contributed by atoms with E-state index in [1.165, 1.54) is 64.2 Å². The van der Waals surface area contributed by atoms with Gasteiger partial charge in [0.25, 0.3) is 0 Å². The van der Waals surface area contributed by atoms with E-state index in [0.29, 0.717) is 0 Å². The first-order valence-electron chi connectivity index (χ1n) is 8.73. The second-order valence-corrected chi connectivity index (χ2v) is 6.93. The van der Waals surface area contributed by atoms with Gasteiger partial charge in [-0.15, -0.1) is 13.2 Å². The zero-order valence-corrected chi connectivity index (χ0v) is 13.1. The quantitative estimate of drug-likeness (QED) is 0.497. The van der Waals surface area contributed by atoms with Crippen LogP contribution >= 0.6 is 0 Å². The molecule has 2 rings (SSSR count). The smallest absolute Gasteiger partial charge is 0.0233 e. The van der Waals surface area contributed by atoms with Gasteiger partial charge in [-0.25, -0.2) is 0 Å². The fourth-order valence-electron chi connectivity index (χ4n) is 3.91. The van der Waals surface area contributed by atoms with E-state index in [1.807, 2.05) is 0 Å². The van der Waals surface area contributed by atoms with Gasteiger partial charge in [-0.3, -0.25) is 0 Å². The zero-order chi connectivity index (χ0) is 14.2. The lowest BCUT2D eigenvalue weighted by Gasteiger charge is -2.26. The monoisotopic (exact) mass is 272 g/mol. The van der Waals surface area contributed by atoms with Crippen molar-refractivity contribution in [1.29, 1.82) is 0 Å². The van der Waals surface area contributed by atoms with Crippen LogP contribution in [0.2, 0.25) is 0 Å². The largest absolute Gasteiger partial charge is 0.103 e. The number of hydrogen-bond donors (Lipinski definition) is 0. The molecule has 112 valence electrons. The zero-order valence-electron chi connectivity index (χ0n) is 13.1. The minimum atomic E-state index is 0.791. The summed E-state index contributed by atoms with van der Waals surface area (Å²) in [4.78, 5) is 0. The Labute approximate surface area is 126 Å². The van der Waals surface area contributed by atoms with Crippen LogP contribution in [-0.2, 0) is 0 Å². The summed E-state index contributed by atoms with van der Waals surface area (Å²) in [7, 11) is 0. The van der Waals surface area contributed by atoms with Crippen LogP contribution in [0.25, 0.3) is 0 Å². The molecule has 0 nitrogen and oxygen atoms in total. The predicted octanol–water partition coefficient (Wildman–Crippen LogP) is 6.31. The fourth-order valence-corrected chi connectivity index (χ4v) is 3.91. The van der Waals surface area contributed by atoms with E-state index in [0.717, 1.165) is 23.7 Å². The highest BCUT2D eigenvalue weighted by Gasteiger charge is 2.19. The van der Waals surface area contributed by atoms with Gasteiger partial charge in [0, 0.05) is 0 Å². The van der Waals surface area contributed by atoms with E-state index in [4.69, 9.17) is 0 Å². The summed E-state index contributed by atoms with van der Waals surface area (Å²) >= 11 is 0. The minimum absolute atomic E-state index is 0.791. The van der Waals surface area contributed by atoms with E-state index in [-0.39, 0.29) is 0 Å². The van der Waals surface area contributed by atoms with E-state index >= 15 is 0 Å². The normalized spacial score (nSPS) is 35.0. The highest BCUT2D eigenvalue weighted by molar-refractivity contribution is 4.94. The second kappa shape index (κ2) is 8.49. The lowest BCUT2D eigenvalue weighted by molar-refractivity contribution is 0.297. The Morgan fingerprint density at radius 1 is 0.700 bits per heavy atom. The molecule has 2 aliphatic rings. The topological polar surface area (TPSA) is 0 Å². The number of allylic oxidation sites excluding steroid dienone is 4. The number of rotatable bonds is 6. The molecule has 0 aromatic carbocycles. The Kier molecular flexibility index (Phi) is 6.63. The van der Waals surface area contributed by atoms with Crippen molar-refractivity contribution in [2.24, 2.45) is 23.7 Å². The van der Waals surface area contributed by atoms with Crippen molar-refractivity contribution in [2.45, 2.75) is 64.2 Å². The van der Waals surface area contributed by atoms with Crippen LogP contribution in [0.15, 0.2) is 37.5 Å². The molecule has 0 saturated heterocycles. The van der Waals surface area contributed by atoms with Gasteiger partial charge in [0.05, 0.1) is 0 Å². The summed E-state index contributed by atoms with van der Waals surface area (Å²) in [5.74, 6) is 3.43. The molecule has 2 fully saturated rings. The lowest BCUT2D eigenvalue weighted by atomic mass is 9.79. The molecular weight excluding hydrogens is 240 g/mol. The first kappa shape index (κ1) is 15.6. The van der Waals surface area contributed by atoms with Crippen LogP contribution in [0.5, 0.6) is 0 Å². The fraction of sp³-hybridized carbons (Fsp3) is 0.700. The molecule has 2 saturated carbocycles. The predicted molar refractivity (Wildman–Crippen MR) is 89.7 cm³/mol. The maximum atomic E-state index is 3.93. The van der Waals surface area contributed by atoms with Crippen LogP contribution in [0.3, 0.4) is 0 Å². The first-order valence-corrected chi connectivity index (χ1v) is 8.73. The summed E-state index contributed by atoms with van der Waals surface area (Å²) in [6.45, 7) is 7.85. The maximum absolute atomic E-state index is 3.93. The Hall–Kier alpha value is -0.780. The van der Waals surface area contributed by atoms with Crippen molar-refractivity contribution in [2.75, 3.05) is 0 Å². The van der Waals surface area contributed by atoms with E-state index < -0.39 is 0 Å². The molecule has 0 unspecified atom stereocenters. The van der Waals surface area contributed by atoms with E-state index in [9.17, 15) is 0 Å². The third-order valence-corrected chi connectivity index (χ3v) is 5.52. The average Bonchev–Trinajstić information content (AvgIpc) is 2.53. The lowest BCUT2D eigenvalue weighted by Crippen LogP contribution is -2.12. The highest BCUT2D eigenvalue weighted by atomic mass is 14.2. The van der Waals surface area contributed by atoms with Gasteiger partial charge in [0.15, 0.2) is 0 Å². The molecule has 0 heterocycles. The van der Waals surface area contributed by atoms with Gasteiger partial charge in [-0.05, 0) is 87.9 Å². The van der Waals surface area contributed by atoms with Gasteiger partial charge in [0.2, 0.25) is 0 Å². The van der Waals surface area contributed by atoms with Gasteiger partial charge in [-0.2, -0.15) is 0 Å². The van der Waals surface area contributed by atoms with Gasteiger partial charge >= 0.3 is 0 Å². The maximum Gasteiger partial charge on any atom is -0.0233 e. The first-order chi connectivity index (χ1) is 9.81. The molecule has 2 aliphatic carbocycles. The third-order valence-electron chi connectivity index (χ3n) is 5.52. The van der Waals surface area contributed by atoms with Crippen LogP contribution in [-0.4, -0.2) is 0 Å². The molecule has 0 heteroatoms. The molecule has 0 atom stereocenters. The molecule has 0 aliphatic heterocycles. The minimum Gasteiger partial charge on any atom is -0.103 e. The summed E-state index contributed by atoms with van der Waals surface area (Å²) in [6, 6.07) is 0. The summed E-state index contributed by atoms with van der Waals surface area (Å²) in [6.07, 6.45) is 23.1. The van der Waals surface area contributed by atoms with Crippen molar-refractivity contribution in [3.05, 3.63) is 37.5 Å². The molecule has 0 aromatic rings. The standard InChI is InChI=1S/C20H32/c1-3-17-9-13-19(14-10-17)7-5-6-8-20-15-11-18(4-2)12-16-20/h3-5,7,17-20H,1-2,6,8-16H2. The number of hydrogen-bond acceptors (Lipinski definition) is 0. The Balaban J connectivity index is 1.58. The van der Waals surface area contributed by atoms with Crippen molar-refractivity contribution >= 4 is 0 Å². The molecule has 0 N–H and O–H groups in total. The Morgan fingerprint density at radius 3 is 1.75 bits per heavy atom. The van der Waals surface area contributed by atoms with Crippen molar-refractivity contribution in [3.8, 4) is 0 Å². The Morgan fingerprint density at radius 2 is 1.20 bits per heavy atom. The molecule has 0 bridgehead atoms. The summed E-state index contributed by atoms with van der Waals surface area (Å²) in [5.41, 5.74) is 0. The van der Waals surface area contributed by atoms with Crippen LogP contribution in [0.4, 0.5) is 0 Å². The second-order valence-electron chi connectivity index (χ2n) is 6.93. The van der Waals surface area contributed by atoms with Crippen LogP contribution < -0.4 is 0 Å². The van der Waals surface area contributed by atoms with E-state index in [2.05, 4.69) is 37.5 Å². The molecule has 20 heavy (non-hydrogen) atoms. The molecule has 0 spiro atoms. The third kappa shape index (κ3) is 4.96. The highest BCUT2D eigenvalue weighted by Crippen LogP contribution is 2.33. The van der Waals surface area contributed by atoms with Crippen molar-refractivity contribution in [3.63, 3.8) is 0 Å². The summed E-state index contributed by atoms with van der Waals surface area (Å²) < 4.78 is 0. The van der Waals surface area contributed by atoms with Gasteiger partial charge < -0.3 is 0 Å². The molecule has 0 amide bonds. The van der Waals surface area contributed by atoms with Crippen molar-refractivity contribution < 1.29 is 0 Å². The molecule has 0 radical (unpaired) electrons. The van der Waals surface area contributed by atoms with Gasteiger partial charge in [0.1, 0.15) is 0 Å². The summed E-state index contributed by atoms with van der Waals surface area (Å²) in [5, 5.41) is 0. The van der Waals surface area contributed by atoms with Crippen LogP contribution in [0, 0.1) is 23.7 Å². The van der Waals surface area contributed by atoms with Gasteiger partial charge in [-0.1, -0.05) is 24.3 Å². The van der Waals surface area contributed by atoms with E-state index in [1.54, 1.807) is 0 Å². The van der Waals surface area contributed by atoms with Crippen LogP contribution in [0.1, 0.15) is 64.2 Å². The SMILES string of the molecule is C=CC1CCC(C=CCCC2CCC(C=C)CC2)CC1. The average molecular weight is 272 g/mol. The van der Waals surface area contributed by atoms with Crippen molar-refractivity contribution in [1.82, 2.24) is 0 Å². The molecular formula is C20H32.